The number of nitrogens with one attached hydrogen (secondary N) is 1. The number of nitrogens with zero attached hydrogens (tertiary/aromatic N) is 2. The number of carbonyl (C=O) groups is 4. The van der Waals surface area contributed by atoms with E-state index in [9.17, 15) is 24.3 Å². The van der Waals surface area contributed by atoms with Gasteiger partial charge in [-0.15, -0.1) is 11.3 Å². The van der Waals surface area contributed by atoms with Crippen LogP contribution >= 0.6 is 11.3 Å². The molecule has 3 saturated heterocycles. The first-order chi connectivity index (χ1) is 25.9. The van der Waals surface area contributed by atoms with E-state index in [1.54, 1.807) is 47.6 Å². The van der Waals surface area contributed by atoms with Gasteiger partial charge < -0.3 is 43.5 Å². The fourth-order valence-electron chi connectivity index (χ4n) is 8.33. The number of hydrogen-bond acceptors (Lipinski definition) is 14. The number of ether oxygens (including phenoxy) is 5. The van der Waals surface area contributed by atoms with Crippen molar-refractivity contribution in [2.45, 2.75) is 129 Å². The predicted molar refractivity (Wildman–Crippen MR) is 202 cm³/mol. The van der Waals surface area contributed by atoms with Crippen LogP contribution in [0, 0.1) is 35.5 Å². The number of carbonyl (C=O) groups excluding carboxylic acids is 4. The van der Waals surface area contributed by atoms with Gasteiger partial charge in [0.15, 0.2) is 17.7 Å². The van der Waals surface area contributed by atoms with Gasteiger partial charge in [0, 0.05) is 29.9 Å². The van der Waals surface area contributed by atoms with Gasteiger partial charge in [0.2, 0.25) is 5.76 Å². The van der Waals surface area contributed by atoms with Crippen molar-refractivity contribution in [3.63, 3.8) is 0 Å². The van der Waals surface area contributed by atoms with Crippen molar-refractivity contribution in [3.8, 4) is 22.4 Å². The van der Waals surface area contributed by atoms with Crippen molar-refractivity contribution in [2.75, 3.05) is 20.7 Å². The van der Waals surface area contributed by atoms with E-state index in [4.69, 9.17) is 28.2 Å². The van der Waals surface area contributed by atoms with Crippen molar-refractivity contribution < 1.29 is 52.5 Å². The van der Waals surface area contributed by atoms with Gasteiger partial charge in [-0.1, -0.05) is 44.8 Å². The summed E-state index contributed by atoms with van der Waals surface area (Å²) in [5.74, 6) is 0.902. The van der Waals surface area contributed by atoms with Crippen LogP contribution in [0.1, 0.15) is 80.4 Å². The highest BCUT2D eigenvalue weighted by atomic mass is 32.1. The minimum Gasteiger partial charge on any atom is -0.458 e. The van der Waals surface area contributed by atoms with Gasteiger partial charge in [-0.05, 0) is 78.4 Å². The largest absolute Gasteiger partial charge is 0.458 e. The van der Waals surface area contributed by atoms with E-state index < -0.39 is 83.4 Å². The molecule has 13 atom stereocenters. The molecule has 14 nitrogen and oxygen atoms in total. The van der Waals surface area contributed by atoms with Crippen LogP contribution in [-0.2, 0) is 38.1 Å². The maximum atomic E-state index is 14.4. The minimum absolute atomic E-state index is 0.0364. The lowest BCUT2D eigenvalue weighted by Crippen LogP contribution is -2.60. The monoisotopic (exact) mass is 785 g/mol. The third kappa shape index (κ3) is 9.00. The number of rotatable bonds is 7. The quantitative estimate of drug-likeness (QED) is 0.226. The molecular weight excluding hydrogens is 731 g/mol. The molecular formula is C40H55N3O11S. The van der Waals surface area contributed by atoms with E-state index in [0.29, 0.717) is 17.9 Å². The maximum absolute atomic E-state index is 14.4. The third-order valence-electron chi connectivity index (χ3n) is 11.4. The Morgan fingerprint density at radius 2 is 1.82 bits per heavy atom. The summed E-state index contributed by atoms with van der Waals surface area (Å²) in [6.07, 6.45) is -4.61. The summed E-state index contributed by atoms with van der Waals surface area (Å²) in [6, 6.07) is 4.40. The fraction of sp³-hybridized carbons (Fsp3) is 0.675. The Bertz CT molecular complexity index is 1750. The standard InChI is InChI=1S/C40H55N3O11S/c1-11-30-40(8)34(41-38(48)53-40)23(4)31(44)21(2)20-39(7,49-16-12-14-26-19-27(42-54-26)29-15-13-17-55-29)35(24(5)32(45)25(6)36(47)51-30)52-37-33(46)28(43(9)10)18-22(3)50-37/h13,15,17,19,21-25,28,30,33-35,37,46H,11,16,18,20H2,1-10H3,(H,41,48)/t21-,22-,23-,24+,25-,28+,30+,33-,34-,35-,37+,39+,40-/m1/s1. The number of amides is 1. The molecule has 0 aromatic carbocycles. The molecule has 3 aliphatic rings. The smallest absolute Gasteiger partial charge is 0.408 e. The number of thiophene rings is 1. The zero-order valence-electron chi connectivity index (χ0n) is 33.3. The van der Waals surface area contributed by atoms with Crippen molar-refractivity contribution in [1.82, 2.24) is 15.4 Å². The summed E-state index contributed by atoms with van der Waals surface area (Å²) in [4.78, 5) is 58.1. The maximum Gasteiger partial charge on any atom is 0.408 e. The molecule has 0 unspecified atom stereocenters. The molecule has 3 aliphatic heterocycles. The first-order valence-corrected chi connectivity index (χ1v) is 19.8. The summed E-state index contributed by atoms with van der Waals surface area (Å²) in [5.41, 5.74) is -2.18. The van der Waals surface area contributed by atoms with E-state index in [-0.39, 0.29) is 37.4 Å². The lowest BCUT2D eigenvalue weighted by molar-refractivity contribution is -0.296. The SMILES string of the molecule is CC[C@@H]1OC(=O)[C@H](C)C(=O)[C@H](C)[C@@H](O[C@@H]2O[C@H](C)C[C@H](N(C)C)[C@H]2O)[C@@](C)(OCC#Cc2cc(-c3cccs3)no2)C[C@@H](C)C(=O)[C@@H](C)[C@H]2NC(=O)O[C@]12C. The Kier molecular flexibility index (Phi) is 13.3. The highest BCUT2D eigenvalue weighted by molar-refractivity contribution is 7.13. The molecule has 3 fully saturated rings. The third-order valence-corrected chi connectivity index (χ3v) is 12.3. The van der Waals surface area contributed by atoms with Crippen LogP contribution in [-0.4, -0.2) is 113 Å². The van der Waals surface area contributed by atoms with E-state index in [0.717, 1.165) is 4.88 Å². The summed E-state index contributed by atoms with van der Waals surface area (Å²) >= 11 is 1.52. The zero-order chi connectivity index (χ0) is 40.4. The molecule has 302 valence electrons. The molecule has 0 bridgehead atoms. The van der Waals surface area contributed by atoms with Crippen LogP contribution in [0.15, 0.2) is 28.1 Å². The molecule has 0 aliphatic carbocycles. The molecule has 0 saturated carbocycles. The Morgan fingerprint density at radius 3 is 2.47 bits per heavy atom. The van der Waals surface area contributed by atoms with Gasteiger partial charge in [0.25, 0.3) is 0 Å². The highest BCUT2D eigenvalue weighted by Crippen LogP contribution is 2.40. The van der Waals surface area contributed by atoms with Crippen LogP contribution in [0.4, 0.5) is 4.79 Å². The topological polar surface area (TPSA) is 176 Å². The average Bonchev–Trinajstić information content (AvgIpc) is 3.91. The molecule has 15 heteroatoms. The van der Waals surface area contributed by atoms with E-state index in [1.807, 2.05) is 43.4 Å². The van der Waals surface area contributed by atoms with Crippen LogP contribution in [0.3, 0.4) is 0 Å². The molecule has 5 heterocycles. The van der Waals surface area contributed by atoms with Crippen molar-refractivity contribution in [3.05, 3.63) is 29.3 Å². The van der Waals surface area contributed by atoms with Gasteiger partial charge in [-0.2, -0.15) is 0 Å². The number of alkyl carbamates (subject to hydrolysis) is 1. The molecule has 0 radical (unpaired) electrons. The molecule has 2 aromatic rings. The predicted octanol–water partition coefficient (Wildman–Crippen LogP) is 4.62. The molecule has 55 heavy (non-hydrogen) atoms. The second kappa shape index (κ2) is 17.2. The van der Waals surface area contributed by atoms with Gasteiger partial charge in [-0.25, -0.2) is 4.79 Å². The Balaban J connectivity index is 1.55. The minimum atomic E-state index is -1.43. The second-order valence-corrected chi connectivity index (χ2v) is 16.8. The van der Waals surface area contributed by atoms with Crippen LogP contribution in [0.5, 0.6) is 0 Å². The Labute approximate surface area is 326 Å². The number of likely N-dealkylation sites (N-methyl/N-ethyl adjacent to an activating group) is 1. The van der Waals surface area contributed by atoms with Crippen LogP contribution in [0.25, 0.3) is 10.6 Å². The summed E-state index contributed by atoms with van der Waals surface area (Å²) < 4.78 is 36.6. The fourth-order valence-corrected chi connectivity index (χ4v) is 9.00. The van der Waals surface area contributed by atoms with E-state index in [1.165, 1.54) is 18.3 Å². The van der Waals surface area contributed by atoms with Gasteiger partial charge in [-0.3, -0.25) is 14.4 Å². The summed E-state index contributed by atoms with van der Waals surface area (Å²) in [5, 5.41) is 20.4. The summed E-state index contributed by atoms with van der Waals surface area (Å²) in [7, 11) is 3.71. The number of hydrogen-bond donors (Lipinski definition) is 2. The number of fused-ring (bicyclic) bond motifs is 1. The number of aliphatic hydroxyl groups excluding tert-OH is 1. The zero-order valence-corrected chi connectivity index (χ0v) is 34.1. The number of cyclic esters (lactones) is 1. The Morgan fingerprint density at radius 1 is 1.09 bits per heavy atom. The van der Waals surface area contributed by atoms with Gasteiger partial charge >= 0.3 is 12.1 Å². The number of esters is 1. The number of aliphatic hydroxyl groups is 1. The van der Waals surface area contributed by atoms with Crippen molar-refractivity contribution in [1.29, 1.82) is 0 Å². The average molecular weight is 786 g/mol. The van der Waals surface area contributed by atoms with Crippen molar-refractivity contribution in [2.24, 2.45) is 23.7 Å². The molecule has 2 aromatic heterocycles. The lowest BCUT2D eigenvalue weighted by atomic mass is 9.73. The van der Waals surface area contributed by atoms with Gasteiger partial charge in [0.1, 0.15) is 36.2 Å². The number of ketones is 2. The van der Waals surface area contributed by atoms with E-state index >= 15 is 0 Å². The molecule has 0 spiro atoms. The summed E-state index contributed by atoms with van der Waals surface area (Å²) in [6.45, 7) is 13.4. The second-order valence-electron chi connectivity index (χ2n) is 15.8. The normalized spacial score (nSPS) is 37.6. The Hall–Kier alpha value is -3.65. The first kappa shape index (κ1) is 42.5. The number of aromatic nitrogens is 1. The first-order valence-electron chi connectivity index (χ1n) is 19.0. The van der Waals surface area contributed by atoms with Gasteiger partial charge in [0.05, 0.1) is 28.7 Å². The number of Topliss-reactive ketones (excluding diaryl/α,β-unsaturated/α-hetero) is 2. The molecule has 2 N–H and O–H groups in total. The molecule has 5 rings (SSSR count). The molecule has 1 amide bonds. The highest BCUT2D eigenvalue weighted by Gasteiger charge is 2.57. The van der Waals surface area contributed by atoms with Crippen LogP contribution < -0.4 is 5.32 Å². The van der Waals surface area contributed by atoms with Crippen molar-refractivity contribution >= 4 is 35.0 Å². The lowest BCUT2D eigenvalue weighted by Gasteiger charge is -2.47. The van der Waals surface area contributed by atoms with Crippen LogP contribution in [0.2, 0.25) is 0 Å². The van der Waals surface area contributed by atoms with E-state index in [2.05, 4.69) is 22.3 Å².